The second kappa shape index (κ2) is 6.42. The van der Waals surface area contributed by atoms with E-state index in [4.69, 9.17) is 16.7 Å². The molecule has 1 heterocycles. The lowest BCUT2D eigenvalue weighted by Gasteiger charge is -2.18. The molecule has 122 valence electrons. The van der Waals surface area contributed by atoms with Crippen LogP contribution in [0.25, 0.3) is 11.3 Å². The van der Waals surface area contributed by atoms with E-state index in [0.29, 0.717) is 16.3 Å². The minimum absolute atomic E-state index is 0.286. The number of aliphatic carboxylic acids is 1. The van der Waals surface area contributed by atoms with E-state index in [0.717, 1.165) is 0 Å². The summed E-state index contributed by atoms with van der Waals surface area (Å²) >= 11 is 6.21. The van der Waals surface area contributed by atoms with Crippen LogP contribution in [0.5, 0.6) is 0 Å². The maximum absolute atomic E-state index is 12.3. The van der Waals surface area contributed by atoms with Gasteiger partial charge in [-0.15, -0.1) is 0 Å². The molecule has 0 bridgehead atoms. The first-order chi connectivity index (χ1) is 10.7. The third-order valence-corrected chi connectivity index (χ3v) is 3.50. The van der Waals surface area contributed by atoms with Crippen LogP contribution in [0.15, 0.2) is 30.5 Å². The molecule has 23 heavy (non-hydrogen) atoms. The van der Waals surface area contributed by atoms with Crippen molar-refractivity contribution in [2.24, 2.45) is 0 Å². The first kappa shape index (κ1) is 17.0. The number of benzene rings is 1. The highest BCUT2D eigenvalue weighted by Crippen LogP contribution is 2.30. The molecule has 1 amide bonds. The summed E-state index contributed by atoms with van der Waals surface area (Å²) in [4.78, 5) is 23.0. The molecule has 1 aromatic heterocycles. The van der Waals surface area contributed by atoms with Gasteiger partial charge in [0.25, 0.3) is 5.91 Å². The molecule has 1 aromatic carbocycles. The van der Waals surface area contributed by atoms with Crippen molar-refractivity contribution in [1.29, 1.82) is 0 Å². The van der Waals surface area contributed by atoms with E-state index in [9.17, 15) is 9.59 Å². The Morgan fingerprint density at radius 3 is 2.52 bits per heavy atom. The Labute approximate surface area is 139 Å². The zero-order chi connectivity index (χ0) is 17.2. The monoisotopic (exact) mass is 335 g/mol. The average Bonchev–Trinajstić information content (AvgIpc) is 2.90. The van der Waals surface area contributed by atoms with Gasteiger partial charge in [-0.1, -0.05) is 29.8 Å². The number of nitrogens with one attached hydrogen (secondary N) is 1. The smallest absolute Gasteiger partial charge is 0.322 e. The number of hydrogen-bond acceptors (Lipinski definition) is 3. The van der Waals surface area contributed by atoms with Gasteiger partial charge in [-0.2, -0.15) is 5.10 Å². The Bertz CT molecular complexity index is 747. The Balaban J connectivity index is 2.51. The first-order valence-corrected chi connectivity index (χ1v) is 7.43. The molecule has 0 aliphatic carbocycles. The number of halogens is 1. The molecule has 0 aliphatic rings. The second-order valence-corrected chi connectivity index (χ2v) is 6.47. The third-order valence-electron chi connectivity index (χ3n) is 3.18. The standard InChI is InChI=1S/C16H18ClN3O3/c1-16(2,3)20-9-11(15(23)18-8-13(21)22)14(19-20)10-6-4-5-7-12(10)17/h4-7,9H,8H2,1-3H3,(H,18,23)(H,21,22). The summed E-state index contributed by atoms with van der Waals surface area (Å²) in [6, 6.07) is 7.07. The fourth-order valence-electron chi connectivity index (χ4n) is 1.99. The van der Waals surface area contributed by atoms with Gasteiger partial charge in [0.1, 0.15) is 12.2 Å². The molecule has 0 spiro atoms. The van der Waals surface area contributed by atoms with Gasteiger partial charge in [-0.05, 0) is 26.8 Å². The van der Waals surface area contributed by atoms with Gasteiger partial charge < -0.3 is 10.4 Å². The molecule has 2 rings (SSSR count). The van der Waals surface area contributed by atoms with Crippen molar-refractivity contribution in [1.82, 2.24) is 15.1 Å². The van der Waals surface area contributed by atoms with E-state index in [1.165, 1.54) is 0 Å². The Morgan fingerprint density at radius 1 is 1.30 bits per heavy atom. The molecule has 7 heteroatoms. The molecule has 0 fully saturated rings. The van der Waals surface area contributed by atoms with Crippen LogP contribution in [0.3, 0.4) is 0 Å². The van der Waals surface area contributed by atoms with Crippen LogP contribution >= 0.6 is 11.6 Å². The maximum Gasteiger partial charge on any atom is 0.322 e. The lowest BCUT2D eigenvalue weighted by atomic mass is 10.1. The fourth-order valence-corrected chi connectivity index (χ4v) is 2.21. The van der Waals surface area contributed by atoms with Crippen molar-refractivity contribution in [3.63, 3.8) is 0 Å². The highest BCUT2D eigenvalue weighted by molar-refractivity contribution is 6.33. The number of carboxylic acids is 1. The molecule has 0 aliphatic heterocycles. The molecule has 0 saturated heterocycles. The number of carbonyl (C=O) groups excluding carboxylic acids is 1. The number of amides is 1. The van der Waals surface area contributed by atoms with Crippen molar-refractivity contribution < 1.29 is 14.7 Å². The molecule has 0 radical (unpaired) electrons. The lowest BCUT2D eigenvalue weighted by Crippen LogP contribution is -2.29. The Kier molecular flexibility index (Phi) is 4.75. The summed E-state index contributed by atoms with van der Waals surface area (Å²) in [5.41, 5.74) is 1.00. The summed E-state index contributed by atoms with van der Waals surface area (Å²) < 4.78 is 1.67. The second-order valence-electron chi connectivity index (χ2n) is 6.06. The van der Waals surface area contributed by atoms with Gasteiger partial charge in [0.05, 0.1) is 16.1 Å². The van der Waals surface area contributed by atoms with Crippen LogP contribution in [-0.2, 0) is 10.3 Å². The minimum atomic E-state index is -1.11. The zero-order valence-corrected chi connectivity index (χ0v) is 13.9. The van der Waals surface area contributed by atoms with Gasteiger partial charge in [0.15, 0.2) is 0 Å². The van der Waals surface area contributed by atoms with Crippen LogP contribution in [0.2, 0.25) is 5.02 Å². The van der Waals surface area contributed by atoms with Gasteiger partial charge in [-0.25, -0.2) is 0 Å². The number of aromatic nitrogens is 2. The summed E-state index contributed by atoms with van der Waals surface area (Å²) in [7, 11) is 0. The largest absolute Gasteiger partial charge is 0.480 e. The average molecular weight is 336 g/mol. The van der Waals surface area contributed by atoms with E-state index in [1.807, 2.05) is 20.8 Å². The van der Waals surface area contributed by atoms with E-state index in [-0.39, 0.29) is 11.1 Å². The molecule has 0 saturated carbocycles. The zero-order valence-electron chi connectivity index (χ0n) is 13.1. The van der Waals surface area contributed by atoms with Crippen molar-refractivity contribution in [3.8, 4) is 11.3 Å². The van der Waals surface area contributed by atoms with E-state index in [1.54, 1.807) is 35.1 Å². The normalized spacial score (nSPS) is 11.3. The highest BCUT2D eigenvalue weighted by atomic mass is 35.5. The van der Waals surface area contributed by atoms with E-state index >= 15 is 0 Å². The summed E-state index contributed by atoms with van der Waals surface area (Å²) in [5.74, 6) is -1.61. The van der Waals surface area contributed by atoms with Crippen molar-refractivity contribution in [2.45, 2.75) is 26.3 Å². The lowest BCUT2D eigenvalue weighted by molar-refractivity contribution is -0.135. The molecular weight excluding hydrogens is 318 g/mol. The SMILES string of the molecule is CC(C)(C)n1cc(C(=O)NCC(=O)O)c(-c2ccccc2Cl)n1. The Hall–Kier alpha value is -2.34. The van der Waals surface area contributed by atoms with Crippen LogP contribution in [0.4, 0.5) is 0 Å². The van der Waals surface area contributed by atoms with E-state index < -0.39 is 18.4 Å². The molecular formula is C16H18ClN3O3. The number of nitrogens with zero attached hydrogens (tertiary/aromatic N) is 2. The van der Waals surface area contributed by atoms with Crippen molar-refractivity contribution in [3.05, 3.63) is 41.0 Å². The molecule has 0 atom stereocenters. The maximum atomic E-state index is 12.3. The number of rotatable bonds is 4. The van der Waals surface area contributed by atoms with Gasteiger partial charge in [-0.3, -0.25) is 14.3 Å². The number of carboxylic acid groups (broad SMARTS) is 1. The third kappa shape index (κ3) is 3.90. The fraction of sp³-hybridized carbons (Fsp3) is 0.312. The van der Waals surface area contributed by atoms with Crippen molar-refractivity contribution >= 4 is 23.5 Å². The van der Waals surface area contributed by atoms with Gasteiger partial charge in [0.2, 0.25) is 0 Å². The van der Waals surface area contributed by atoms with Crippen molar-refractivity contribution in [2.75, 3.05) is 6.54 Å². The predicted octanol–water partition coefficient (Wildman–Crippen LogP) is 2.77. The van der Waals surface area contributed by atoms with Gasteiger partial charge >= 0.3 is 5.97 Å². The Morgan fingerprint density at radius 2 is 1.96 bits per heavy atom. The molecule has 0 unspecified atom stereocenters. The van der Waals surface area contributed by atoms with E-state index in [2.05, 4.69) is 10.4 Å². The summed E-state index contributed by atoms with van der Waals surface area (Å²) in [5, 5.41) is 16.0. The highest BCUT2D eigenvalue weighted by Gasteiger charge is 2.24. The predicted molar refractivity (Wildman–Crippen MR) is 87.6 cm³/mol. The quantitative estimate of drug-likeness (QED) is 0.899. The molecule has 2 aromatic rings. The first-order valence-electron chi connectivity index (χ1n) is 7.05. The molecule has 2 N–H and O–H groups in total. The summed E-state index contributed by atoms with van der Waals surface area (Å²) in [6.45, 7) is 5.40. The van der Waals surface area contributed by atoms with Gasteiger partial charge in [0, 0.05) is 11.8 Å². The minimum Gasteiger partial charge on any atom is -0.480 e. The number of carbonyl (C=O) groups is 2. The topological polar surface area (TPSA) is 84.2 Å². The van der Waals surface area contributed by atoms with Crippen LogP contribution in [0.1, 0.15) is 31.1 Å². The van der Waals surface area contributed by atoms with Crippen LogP contribution in [-0.4, -0.2) is 33.3 Å². The molecule has 6 nitrogen and oxygen atoms in total. The number of hydrogen-bond donors (Lipinski definition) is 2. The summed E-state index contributed by atoms with van der Waals surface area (Å²) in [6.07, 6.45) is 1.61. The van der Waals surface area contributed by atoms with Crippen LogP contribution < -0.4 is 5.32 Å². The van der Waals surface area contributed by atoms with Crippen LogP contribution in [0, 0.1) is 0 Å².